The molecule has 8 heteroatoms. The molecule has 1 N–H and O–H groups in total. The molecule has 1 saturated heterocycles. The summed E-state index contributed by atoms with van der Waals surface area (Å²) in [5.41, 5.74) is 1.84. The zero-order valence-corrected chi connectivity index (χ0v) is 19.1. The van der Waals surface area contributed by atoms with Gasteiger partial charge in [0, 0.05) is 18.0 Å². The molecule has 0 unspecified atom stereocenters. The standard InChI is InChI=1S/C25H26BFN2O4/c1-24(2)25(3,4)33-26(32-24)21-8-6-5-7-18(21)16-31-22-14-9-17(15-28-22)23(30)29-20-12-10-19(27)11-13-20/h5-15H,16H2,1-4H3,(H,29,30). The highest BCUT2D eigenvalue weighted by Crippen LogP contribution is 2.36. The van der Waals surface area contributed by atoms with Gasteiger partial charge in [0.1, 0.15) is 12.4 Å². The normalized spacial score (nSPS) is 16.5. The SMILES string of the molecule is CC1(C)OB(c2ccccc2COc2ccc(C(=O)Nc3ccc(F)cc3)cn2)OC1(C)C. The second-order valence-electron chi connectivity index (χ2n) is 8.92. The smallest absolute Gasteiger partial charge is 0.473 e. The van der Waals surface area contributed by atoms with Crippen LogP contribution in [0.5, 0.6) is 5.88 Å². The van der Waals surface area contributed by atoms with Gasteiger partial charge in [0.15, 0.2) is 0 Å². The first-order valence-electron chi connectivity index (χ1n) is 10.7. The van der Waals surface area contributed by atoms with Crippen molar-refractivity contribution >= 4 is 24.2 Å². The first-order valence-corrected chi connectivity index (χ1v) is 10.7. The number of nitrogens with zero attached hydrogens (tertiary/aromatic N) is 1. The third-order valence-corrected chi connectivity index (χ3v) is 6.04. The van der Waals surface area contributed by atoms with Crippen LogP contribution in [0, 0.1) is 5.82 Å². The Hall–Kier alpha value is -3.23. The maximum Gasteiger partial charge on any atom is 0.495 e. The number of hydrogen-bond acceptors (Lipinski definition) is 5. The predicted octanol–water partition coefficient (Wildman–Crippen LogP) is 4.35. The molecule has 1 aliphatic rings. The molecule has 33 heavy (non-hydrogen) atoms. The summed E-state index contributed by atoms with van der Waals surface area (Å²) in [4.78, 5) is 16.6. The first-order chi connectivity index (χ1) is 15.6. The van der Waals surface area contributed by atoms with Crippen molar-refractivity contribution < 1.29 is 23.2 Å². The summed E-state index contributed by atoms with van der Waals surface area (Å²) in [7, 11) is -0.486. The number of pyridine rings is 1. The fourth-order valence-electron chi connectivity index (χ4n) is 3.35. The van der Waals surface area contributed by atoms with E-state index in [1.165, 1.54) is 30.5 Å². The molecule has 3 aromatic rings. The van der Waals surface area contributed by atoms with Crippen LogP contribution in [0.15, 0.2) is 66.9 Å². The fraction of sp³-hybridized carbons (Fsp3) is 0.280. The molecular weight excluding hydrogens is 422 g/mol. The summed E-state index contributed by atoms with van der Waals surface area (Å²) in [6.45, 7) is 8.34. The van der Waals surface area contributed by atoms with Gasteiger partial charge in [0.05, 0.1) is 16.8 Å². The lowest BCUT2D eigenvalue weighted by Crippen LogP contribution is -2.41. The third kappa shape index (κ3) is 5.07. The molecule has 0 spiro atoms. The fourth-order valence-corrected chi connectivity index (χ4v) is 3.35. The van der Waals surface area contributed by atoms with Crippen LogP contribution in [0.2, 0.25) is 0 Å². The van der Waals surface area contributed by atoms with Gasteiger partial charge in [-0.1, -0.05) is 24.3 Å². The number of hydrogen-bond donors (Lipinski definition) is 1. The number of carbonyl (C=O) groups is 1. The number of ether oxygens (including phenoxy) is 1. The van der Waals surface area contributed by atoms with Crippen molar-refractivity contribution in [2.24, 2.45) is 0 Å². The molecule has 2 aromatic carbocycles. The summed E-state index contributed by atoms with van der Waals surface area (Å²) in [6.07, 6.45) is 1.44. The maximum absolute atomic E-state index is 13.0. The summed E-state index contributed by atoms with van der Waals surface area (Å²) in [5, 5.41) is 2.70. The Balaban J connectivity index is 1.40. The maximum atomic E-state index is 13.0. The Morgan fingerprint density at radius 2 is 1.67 bits per heavy atom. The van der Waals surface area contributed by atoms with Gasteiger partial charge in [-0.25, -0.2) is 9.37 Å². The molecule has 1 fully saturated rings. The molecule has 1 aromatic heterocycles. The molecule has 0 aliphatic carbocycles. The average molecular weight is 448 g/mol. The minimum absolute atomic E-state index is 0.272. The Labute approximate surface area is 193 Å². The quantitative estimate of drug-likeness (QED) is 0.568. The number of benzene rings is 2. The van der Waals surface area contributed by atoms with Crippen molar-refractivity contribution in [2.75, 3.05) is 5.32 Å². The molecule has 0 radical (unpaired) electrons. The Bertz CT molecular complexity index is 1120. The monoisotopic (exact) mass is 448 g/mol. The van der Waals surface area contributed by atoms with Gasteiger partial charge in [-0.05, 0) is 69.1 Å². The summed E-state index contributed by atoms with van der Waals surface area (Å²) in [6, 6.07) is 16.6. The number of halogens is 1. The van der Waals surface area contributed by atoms with E-state index < -0.39 is 18.3 Å². The van der Waals surface area contributed by atoms with Crippen LogP contribution in [0.4, 0.5) is 10.1 Å². The van der Waals surface area contributed by atoms with E-state index in [1.807, 2.05) is 52.0 Å². The molecule has 0 bridgehead atoms. The average Bonchev–Trinajstić information content (AvgIpc) is 3.01. The van der Waals surface area contributed by atoms with Crippen LogP contribution < -0.4 is 15.5 Å². The molecule has 2 heterocycles. The second-order valence-corrected chi connectivity index (χ2v) is 8.92. The van der Waals surface area contributed by atoms with Gasteiger partial charge >= 0.3 is 7.12 Å². The van der Waals surface area contributed by atoms with E-state index in [4.69, 9.17) is 14.0 Å². The van der Waals surface area contributed by atoms with Crippen LogP contribution in [-0.4, -0.2) is 29.2 Å². The largest absolute Gasteiger partial charge is 0.495 e. The van der Waals surface area contributed by atoms with Crippen molar-refractivity contribution in [3.63, 3.8) is 0 Å². The number of rotatable bonds is 6. The van der Waals surface area contributed by atoms with Crippen molar-refractivity contribution in [2.45, 2.75) is 45.5 Å². The highest BCUT2D eigenvalue weighted by atomic mass is 19.1. The Morgan fingerprint density at radius 3 is 2.30 bits per heavy atom. The summed E-state index contributed by atoms with van der Waals surface area (Å²) >= 11 is 0. The lowest BCUT2D eigenvalue weighted by molar-refractivity contribution is 0.00578. The van der Waals surface area contributed by atoms with Gasteiger partial charge in [-0.15, -0.1) is 0 Å². The van der Waals surface area contributed by atoms with Crippen LogP contribution in [0.3, 0.4) is 0 Å². The van der Waals surface area contributed by atoms with Gasteiger partial charge in [0.2, 0.25) is 5.88 Å². The number of nitrogens with one attached hydrogen (secondary N) is 1. The molecule has 0 saturated carbocycles. The van der Waals surface area contributed by atoms with Crippen LogP contribution >= 0.6 is 0 Å². The topological polar surface area (TPSA) is 69.7 Å². The van der Waals surface area contributed by atoms with E-state index in [0.29, 0.717) is 17.1 Å². The highest BCUT2D eigenvalue weighted by Gasteiger charge is 2.52. The van der Waals surface area contributed by atoms with Gasteiger partial charge in [0.25, 0.3) is 5.91 Å². The molecule has 6 nitrogen and oxygen atoms in total. The first kappa shape index (κ1) is 23.0. The van der Waals surface area contributed by atoms with Crippen molar-refractivity contribution in [3.05, 3.63) is 83.8 Å². The number of aromatic nitrogens is 1. The van der Waals surface area contributed by atoms with E-state index in [9.17, 15) is 9.18 Å². The van der Waals surface area contributed by atoms with E-state index in [0.717, 1.165) is 11.0 Å². The third-order valence-electron chi connectivity index (χ3n) is 6.04. The van der Waals surface area contributed by atoms with E-state index >= 15 is 0 Å². The second kappa shape index (κ2) is 8.96. The van der Waals surface area contributed by atoms with Crippen molar-refractivity contribution in [3.8, 4) is 5.88 Å². The Kier molecular flexibility index (Phi) is 6.23. The van der Waals surface area contributed by atoms with Gasteiger partial charge in [-0.2, -0.15) is 0 Å². The minimum atomic E-state index is -0.486. The Morgan fingerprint density at radius 1 is 1.00 bits per heavy atom. The van der Waals surface area contributed by atoms with Crippen molar-refractivity contribution in [1.82, 2.24) is 4.98 Å². The lowest BCUT2D eigenvalue weighted by Gasteiger charge is -2.32. The van der Waals surface area contributed by atoms with Crippen LogP contribution in [0.25, 0.3) is 0 Å². The summed E-state index contributed by atoms with van der Waals surface area (Å²) < 4.78 is 31.2. The number of anilines is 1. The van der Waals surface area contributed by atoms with Gasteiger partial charge in [-0.3, -0.25) is 4.79 Å². The predicted molar refractivity (Wildman–Crippen MR) is 125 cm³/mol. The van der Waals surface area contributed by atoms with Crippen molar-refractivity contribution in [1.29, 1.82) is 0 Å². The minimum Gasteiger partial charge on any atom is -0.473 e. The zero-order valence-electron chi connectivity index (χ0n) is 19.1. The molecular formula is C25H26BFN2O4. The van der Waals surface area contributed by atoms with Crippen LogP contribution in [-0.2, 0) is 15.9 Å². The van der Waals surface area contributed by atoms with E-state index in [2.05, 4.69) is 10.3 Å². The molecule has 1 aliphatic heterocycles. The van der Waals surface area contributed by atoms with Gasteiger partial charge < -0.3 is 19.4 Å². The number of carbonyl (C=O) groups excluding carboxylic acids is 1. The highest BCUT2D eigenvalue weighted by molar-refractivity contribution is 6.62. The lowest BCUT2D eigenvalue weighted by atomic mass is 9.76. The molecule has 1 amide bonds. The molecule has 4 rings (SSSR count). The molecule has 0 atom stereocenters. The van der Waals surface area contributed by atoms with Crippen LogP contribution in [0.1, 0.15) is 43.6 Å². The zero-order chi connectivity index (χ0) is 23.6. The molecule has 170 valence electrons. The number of amides is 1. The summed E-state index contributed by atoms with van der Waals surface area (Å²) in [5.74, 6) is -0.319. The van der Waals surface area contributed by atoms with E-state index in [-0.39, 0.29) is 18.3 Å². The van der Waals surface area contributed by atoms with E-state index in [1.54, 1.807) is 12.1 Å².